The predicted octanol–water partition coefficient (Wildman–Crippen LogP) is 4.87. The molecule has 0 spiro atoms. The Morgan fingerprint density at radius 1 is 0.968 bits per heavy atom. The number of amides is 2. The van der Waals surface area contributed by atoms with Crippen LogP contribution in [0.25, 0.3) is 0 Å². The lowest BCUT2D eigenvalue weighted by atomic mass is 10.1. The fourth-order valence-electron chi connectivity index (χ4n) is 3.81. The number of benzene rings is 3. The summed E-state index contributed by atoms with van der Waals surface area (Å²) in [7, 11) is 0. The fourth-order valence-corrected chi connectivity index (χ4v) is 3.81. The van der Waals surface area contributed by atoms with Gasteiger partial charge in [0.25, 0.3) is 11.8 Å². The van der Waals surface area contributed by atoms with Crippen LogP contribution in [0, 0.1) is 6.92 Å². The van der Waals surface area contributed by atoms with Crippen LogP contribution in [-0.2, 0) is 0 Å². The van der Waals surface area contributed by atoms with Crippen LogP contribution in [0.4, 0.5) is 11.4 Å². The number of nitrogens with one attached hydrogen (secondary N) is 1. The number of fused-ring (bicyclic) bond motifs is 1. The first-order valence-electron chi connectivity index (χ1n) is 10.2. The van der Waals surface area contributed by atoms with E-state index < -0.39 is 0 Å². The summed E-state index contributed by atoms with van der Waals surface area (Å²) in [6, 6.07) is 21.7. The monoisotopic (exact) mass is 413 g/mol. The molecule has 156 valence electrons. The third-order valence-corrected chi connectivity index (χ3v) is 5.45. The van der Waals surface area contributed by atoms with Gasteiger partial charge in [0.05, 0.1) is 11.4 Å². The van der Waals surface area contributed by atoms with Crippen LogP contribution in [0.1, 0.15) is 44.7 Å². The zero-order valence-electron chi connectivity index (χ0n) is 17.2. The lowest BCUT2D eigenvalue weighted by molar-refractivity contribution is 0.0985. The molecule has 0 saturated carbocycles. The first-order valence-corrected chi connectivity index (χ1v) is 10.2. The summed E-state index contributed by atoms with van der Waals surface area (Å²) in [4.78, 5) is 27.5. The van der Waals surface area contributed by atoms with Crippen molar-refractivity contribution >= 4 is 28.9 Å². The summed E-state index contributed by atoms with van der Waals surface area (Å²) in [5.41, 5.74) is 4.74. The smallest absolute Gasteiger partial charge is 0.258 e. The molecule has 3 aromatic carbocycles. The Morgan fingerprint density at radius 2 is 1.68 bits per heavy atom. The van der Waals surface area contributed by atoms with E-state index in [1.165, 1.54) is 0 Å². The van der Waals surface area contributed by atoms with Crippen molar-refractivity contribution < 1.29 is 14.8 Å². The van der Waals surface area contributed by atoms with Gasteiger partial charge in [0.1, 0.15) is 0 Å². The quantitative estimate of drug-likeness (QED) is 0.475. The zero-order valence-corrected chi connectivity index (χ0v) is 17.2. The highest BCUT2D eigenvalue weighted by molar-refractivity contribution is 6.13. The topological polar surface area (TPSA) is 82.0 Å². The molecule has 4 rings (SSSR count). The molecule has 6 heteroatoms. The van der Waals surface area contributed by atoms with Gasteiger partial charge in [-0.15, -0.1) is 0 Å². The molecule has 0 saturated heterocycles. The van der Waals surface area contributed by atoms with Gasteiger partial charge in [-0.25, -0.2) is 0 Å². The summed E-state index contributed by atoms with van der Waals surface area (Å²) in [6.07, 6.45) is 1.30. The van der Waals surface area contributed by atoms with Crippen LogP contribution >= 0.6 is 0 Å². The second-order valence-corrected chi connectivity index (χ2v) is 7.47. The standard InChI is InChI=1S/C25H23N3O3/c1-17-7-2-3-8-20(17)24(29)26-19-14-12-18(13-15-19)25(30)28-16-6-10-22(27-31)21-9-4-5-11-23(21)28/h2-5,7-9,11-15,31H,6,10,16H2,1H3,(H,26,29)/b27-22+. The largest absolute Gasteiger partial charge is 0.411 e. The third-order valence-electron chi connectivity index (χ3n) is 5.45. The normalized spacial score (nSPS) is 14.6. The van der Waals surface area contributed by atoms with Crippen molar-refractivity contribution in [2.24, 2.45) is 5.16 Å². The zero-order chi connectivity index (χ0) is 21.8. The molecule has 3 aromatic rings. The minimum atomic E-state index is -0.186. The molecule has 0 fully saturated rings. The molecule has 0 bridgehead atoms. The van der Waals surface area contributed by atoms with E-state index in [1.807, 2.05) is 49.4 Å². The maximum Gasteiger partial charge on any atom is 0.258 e. The number of nitrogens with zero attached hydrogens (tertiary/aromatic N) is 2. The maximum absolute atomic E-state index is 13.2. The minimum absolute atomic E-state index is 0.136. The van der Waals surface area contributed by atoms with Crippen molar-refractivity contribution in [2.75, 3.05) is 16.8 Å². The van der Waals surface area contributed by atoms with E-state index in [2.05, 4.69) is 10.5 Å². The average molecular weight is 413 g/mol. The van der Waals surface area contributed by atoms with E-state index in [1.54, 1.807) is 35.2 Å². The second-order valence-electron chi connectivity index (χ2n) is 7.47. The van der Waals surface area contributed by atoms with Crippen molar-refractivity contribution in [1.82, 2.24) is 0 Å². The van der Waals surface area contributed by atoms with E-state index in [9.17, 15) is 14.8 Å². The van der Waals surface area contributed by atoms with Gasteiger partial charge in [-0.1, -0.05) is 41.6 Å². The first-order chi connectivity index (χ1) is 15.1. The Hall–Kier alpha value is -3.93. The highest BCUT2D eigenvalue weighted by Crippen LogP contribution is 2.28. The predicted molar refractivity (Wildman–Crippen MR) is 121 cm³/mol. The number of hydrogen-bond acceptors (Lipinski definition) is 4. The maximum atomic E-state index is 13.2. The Balaban J connectivity index is 1.55. The van der Waals surface area contributed by atoms with Crippen molar-refractivity contribution in [3.63, 3.8) is 0 Å². The summed E-state index contributed by atoms with van der Waals surface area (Å²) < 4.78 is 0. The fraction of sp³-hybridized carbons (Fsp3) is 0.160. The number of oxime groups is 1. The van der Waals surface area contributed by atoms with E-state index in [-0.39, 0.29) is 11.8 Å². The second kappa shape index (κ2) is 8.83. The van der Waals surface area contributed by atoms with Gasteiger partial charge in [-0.2, -0.15) is 0 Å². The summed E-state index contributed by atoms with van der Waals surface area (Å²) in [5.74, 6) is -0.321. The molecule has 0 radical (unpaired) electrons. The van der Waals surface area contributed by atoms with E-state index >= 15 is 0 Å². The molecule has 6 nitrogen and oxygen atoms in total. The van der Waals surface area contributed by atoms with Gasteiger partial charge in [0, 0.05) is 28.9 Å². The van der Waals surface area contributed by atoms with Gasteiger partial charge in [-0.05, 0) is 61.7 Å². The number of carbonyl (C=O) groups excluding carboxylic acids is 2. The molecule has 1 aliphatic heterocycles. The molecular weight excluding hydrogens is 390 g/mol. The van der Waals surface area contributed by atoms with Gasteiger partial charge in [0.2, 0.25) is 0 Å². The summed E-state index contributed by atoms with van der Waals surface area (Å²) in [5, 5.41) is 15.7. The lowest BCUT2D eigenvalue weighted by Crippen LogP contribution is -2.31. The Kier molecular flexibility index (Phi) is 5.80. The molecule has 1 heterocycles. The van der Waals surface area contributed by atoms with E-state index in [4.69, 9.17) is 0 Å². The van der Waals surface area contributed by atoms with E-state index in [0.29, 0.717) is 41.9 Å². The average Bonchev–Trinajstić information content (AvgIpc) is 2.99. The summed E-state index contributed by atoms with van der Waals surface area (Å²) in [6.45, 7) is 2.42. The number of hydrogen-bond donors (Lipinski definition) is 2. The Morgan fingerprint density at radius 3 is 2.42 bits per heavy atom. The van der Waals surface area contributed by atoms with E-state index in [0.717, 1.165) is 16.8 Å². The highest BCUT2D eigenvalue weighted by Gasteiger charge is 2.25. The van der Waals surface area contributed by atoms with Crippen molar-refractivity contribution in [1.29, 1.82) is 0 Å². The van der Waals surface area contributed by atoms with Crippen molar-refractivity contribution in [3.8, 4) is 0 Å². The first kappa shape index (κ1) is 20.3. The van der Waals surface area contributed by atoms with Gasteiger partial charge in [-0.3, -0.25) is 9.59 Å². The van der Waals surface area contributed by atoms with Crippen LogP contribution < -0.4 is 10.2 Å². The molecule has 2 amide bonds. The number of aryl methyl sites for hydroxylation is 1. The Labute approximate surface area is 180 Å². The molecule has 0 atom stereocenters. The van der Waals surface area contributed by atoms with Crippen LogP contribution in [0.3, 0.4) is 0 Å². The molecule has 2 N–H and O–H groups in total. The third kappa shape index (κ3) is 4.19. The molecule has 31 heavy (non-hydrogen) atoms. The van der Waals surface area contributed by atoms with Crippen LogP contribution in [0.5, 0.6) is 0 Å². The van der Waals surface area contributed by atoms with Crippen molar-refractivity contribution in [2.45, 2.75) is 19.8 Å². The summed E-state index contributed by atoms with van der Waals surface area (Å²) >= 11 is 0. The Bertz CT molecular complexity index is 1150. The van der Waals surface area contributed by atoms with Crippen molar-refractivity contribution in [3.05, 3.63) is 95.1 Å². The number of rotatable bonds is 3. The molecule has 0 aromatic heterocycles. The molecular formula is C25H23N3O3. The van der Waals surface area contributed by atoms with Crippen LogP contribution in [0.15, 0.2) is 78.0 Å². The van der Waals surface area contributed by atoms with Crippen LogP contribution in [-0.4, -0.2) is 29.3 Å². The number of carbonyl (C=O) groups is 2. The number of para-hydroxylation sites is 1. The molecule has 0 unspecified atom stereocenters. The molecule has 0 aliphatic carbocycles. The van der Waals surface area contributed by atoms with Gasteiger partial charge < -0.3 is 15.4 Å². The number of anilines is 2. The van der Waals surface area contributed by atoms with Gasteiger partial charge in [0.15, 0.2) is 0 Å². The molecule has 1 aliphatic rings. The van der Waals surface area contributed by atoms with Crippen LogP contribution in [0.2, 0.25) is 0 Å². The highest BCUT2D eigenvalue weighted by atomic mass is 16.4. The van der Waals surface area contributed by atoms with Gasteiger partial charge >= 0.3 is 0 Å². The minimum Gasteiger partial charge on any atom is -0.411 e. The SMILES string of the molecule is Cc1ccccc1C(=O)Nc1ccc(C(=O)N2CCC/C(=N\O)c3ccccc32)cc1. The lowest BCUT2D eigenvalue weighted by Gasteiger charge is -2.23.